The van der Waals surface area contributed by atoms with Crippen LogP contribution in [0.3, 0.4) is 0 Å². The molecular weight excluding hydrogens is 273 g/mol. The van der Waals surface area contributed by atoms with E-state index in [0.717, 1.165) is 25.7 Å². The largest absolute Gasteiger partial charge is 0.444 e. The van der Waals surface area contributed by atoms with Crippen molar-refractivity contribution in [3.63, 3.8) is 0 Å². The standard InChI is InChI=1S/C12H22FNO4S/c1-12(2,3)18-11(15)14-10(8-19(13,16)17)9-6-4-5-7-9/h9-10H,4-8H2,1-3H3,(H,14,15). The highest BCUT2D eigenvalue weighted by atomic mass is 32.3. The molecule has 1 saturated carbocycles. The molecule has 1 amide bonds. The predicted molar refractivity (Wildman–Crippen MR) is 70.0 cm³/mol. The fourth-order valence-corrected chi connectivity index (χ4v) is 3.11. The third-order valence-corrected chi connectivity index (χ3v) is 3.81. The van der Waals surface area contributed by atoms with Crippen molar-refractivity contribution >= 4 is 16.3 Å². The molecule has 1 aliphatic rings. The van der Waals surface area contributed by atoms with Crippen LogP contribution in [0, 0.1) is 5.92 Å². The van der Waals surface area contributed by atoms with Crippen molar-refractivity contribution in [2.24, 2.45) is 5.92 Å². The Balaban J connectivity index is 2.66. The van der Waals surface area contributed by atoms with Crippen LogP contribution in [0.2, 0.25) is 0 Å². The van der Waals surface area contributed by atoms with Gasteiger partial charge in [-0.2, -0.15) is 8.42 Å². The van der Waals surface area contributed by atoms with Crippen LogP contribution < -0.4 is 5.32 Å². The zero-order chi connectivity index (χ0) is 14.7. The minimum Gasteiger partial charge on any atom is -0.444 e. The number of rotatable bonds is 4. The van der Waals surface area contributed by atoms with Gasteiger partial charge < -0.3 is 10.1 Å². The summed E-state index contributed by atoms with van der Waals surface area (Å²) >= 11 is 0. The molecule has 19 heavy (non-hydrogen) atoms. The van der Waals surface area contributed by atoms with Crippen LogP contribution in [0.4, 0.5) is 8.68 Å². The maximum Gasteiger partial charge on any atom is 0.407 e. The van der Waals surface area contributed by atoms with Crippen LogP contribution in [0.1, 0.15) is 46.5 Å². The smallest absolute Gasteiger partial charge is 0.407 e. The second-order valence-electron chi connectivity index (χ2n) is 6.00. The van der Waals surface area contributed by atoms with Crippen LogP contribution >= 0.6 is 0 Å². The van der Waals surface area contributed by atoms with E-state index < -0.39 is 33.7 Å². The van der Waals surface area contributed by atoms with Crippen LogP contribution in [0.15, 0.2) is 0 Å². The van der Waals surface area contributed by atoms with E-state index in [0.29, 0.717) is 0 Å². The number of hydrogen-bond acceptors (Lipinski definition) is 4. The van der Waals surface area contributed by atoms with Crippen LogP contribution in [-0.2, 0) is 15.0 Å². The number of alkyl carbamates (subject to hydrolysis) is 1. The van der Waals surface area contributed by atoms with Crippen LogP contribution in [0.25, 0.3) is 0 Å². The zero-order valence-corrected chi connectivity index (χ0v) is 12.4. The normalized spacial score (nSPS) is 19.2. The molecule has 1 atom stereocenters. The highest BCUT2D eigenvalue weighted by molar-refractivity contribution is 7.86. The Bertz CT molecular complexity index is 410. The zero-order valence-electron chi connectivity index (χ0n) is 11.6. The molecule has 0 bridgehead atoms. The third kappa shape index (κ3) is 6.75. The van der Waals surface area contributed by atoms with Gasteiger partial charge in [-0.1, -0.05) is 12.8 Å². The molecule has 0 spiro atoms. The number of hydrogen-bond donors (Lipinski definition) is 1. The van der Waals surface area contributed by atoms with Crippen molar-refractivity contribution in [1.82, 2.24) is 5.32 Å². The van der Waals surface area contributed by atoms with Crippen molar-refractivity contribution in [2.45, 2.75) is 58.1 Å². The SMILES string of the molecule is CC(C)(C)OC(=O)NC(CS(=O)(=O)F)C1CCCC1. The number of carbonyl (C=O) groups excluding carboxylic acids is 1. The maximum absolute atomic E-state index is 12.9. The van der Waals surface area contributed by atoms with Gasteiger partial charge in [-0.15, -0.1) is 3.89 Å². The van der Waals surface area contributed by atoms with Gasteiger partial charge in [-0.05, 0) is 39.5 Å². The fourth-order valence-electron chi connectivity index (χ4n) is 2.33. The minimum atomic E-state index is -4.62. The van der Waals surface area contributed by atoms with E-state index >= 15 is 0 Å². The van der Waals surface area contributed by atoms with E-state index in [1.807, 2.05) is 0 Å². The molecular formula is C12H22FNO4S. The lowest BCUT2D eigenvalue weighted by atomic mass is 10.00. The Morgan fingerprint density at radius 2 is 1.89 bits per heavy atom. The maximum atomic E-state index is 12.9. The van der Waals surface area contributed by atoms with Crippen LogP contribution in [-0.4, -0.2) is 31.9 Å². The summed E-state index contributed by atoms with van der Waals surface area (Å²) in [6.07, 6.45) is 2.85. The summed E-state index contributed by atoms with van der Waals surface area (Å²) in [6, 6.07) is -0.715. The first kappa shape index (κ1) is 16.2. The van der Waals surface area contributed by atoms with Gasteiger partial charge in [0.05, 0.1) is 6.04 Å². The van der Waals surface area contributed by atoms with Crippen molar-refractivity contribution in [3.05, 3.63) is 0 Å². The number of carbonyl (C=O) groups is 1. The van der Waals surface area contributed by atoms with Crippen LogP contribution in [0.5, 0.6) is 0 Å². The Morgan fingerprint density at radius 1 is 1.37 bits per heavy atom. The monoisotopic (exact) mass is 295 g/mol. The summed E-state index contributed by atoms with van der Waals surface area (Å²) in [4.78, 5) is 11.7. The molecule has 0 aromatic carbocycles. The second-order valence-corrected chi connectivity index (χ2v) is 7.41. The number of ether oxygens (including phenoxy) is 1. The first-order valence-electron chi connectivity index (χ1n) is 6.49. The summed E-state index contributed by atoms with van der Waals surface area (Å²) in [5, 5.41) is 2.49. The fraction of sp³-hybridized carbons (Fsp3) is 0.917. The van der Waals surface area contributed by atoms with Crippen molar-refractivity contribution < 1.29 is 21.8 Å². The molecule has 0 aliphatic heterocycles. The second kappa shape index (κ2) is 6.07. The lowest BCUT2D eigenvalue weighted by Gasteiger charge is -2.26. The number of halogens is 1. The first-order valence-corrected chi connectivity index (χ1v) is 8.04. The van der Waals surface area contributed by atoms with Gasteiger partial charge in [0, 0.05) is 0 Å². The van der Waals surface area contributed by atoms with E-state index in [1.54, 1.807) is 20.8 Å². The molecule has 0 aromatic rings. The van der Waals surface area contributed by atoms with Crippen molar-refractivity contribution in [3.8, 4) is 0 Å². The summed E-state index contributed by atoms with van der Waals surface area (Å²) in [6.45, 7) is 5.13. The molecule has 1 N–H and O–H groups in total. The van der Waals surface area contributed by atoms with E-state index in [1.165, 1.54) is 0 Å². The minimum absolute atomic E-state index is 0.00181. The van der Waals surface area contributed by atoms with Gasteiger partial charge in [0.15, 0.2) is 0 Å². The Morgan fingerprint density at radius 3 is 2.32 bits per heavy atom. The molecule has 0 saturated heterocycles. The van der Waals surface area contributed by atoms with Crippen molar-refractivity contribution in [1.29, 1.82) is 0 Å². The van der Waals surface area contributed by atoms with Gasteiger partial charge in [0.1, 0.15) is 11.4 Å². The third-order valence-electron chi connectivity index (χ3n) is 3.05. The molecule has 112 valence electrons. The highest BCUT2D eigenvalue weighted by Gasteiger charge is 2.31. The summed E-state index contributed by atoms with van der Waals surface area (Å²) in [5.41, 5.74) is -0.668. The number of amides is 1. The lowest BCUT2D eigenvalue weighted by molar-refractivity contribution is 0.0493. The van der Waals surface area contributed by atoms with Gasteiger partial charge in [-0.3, -0.25) is 0 Å². The molecule has 7 heteroatoms. The molecule has 1 aliphatic carbocycles. The average molecular weight is 295 g/mol. The van der Waals surface area contributed by atoms with Gasteiger partial charge in [0.25, 0.3) is 0 Å². The van der Waals surface area contributed by atoms with Gasteiger partial charge in [-0.25, -0.2) is 4.79 Å². The Labute approximate surface area is 114 Å². The van der Waals surface area contributed by atoms with E-state index in [9.17, 15) is 17.1 Å². The summed E-state index contributed by atoms with van der Waals surface area (Å²) in [5.74, 6) is -0.685. The van der Waals surface area contributed by atoms with Gasteiger partial charge >= 0.3 is 16.3 Å². The van der Waals surface area contributed by atoms with Crippen molar-refractivity contribution in [2.75, 3.05) is 5.75 Å². The average Bonchev–Trinajstić information content (AvgIpc) is 2.62. The first-order chi connectivity index (χ1) is 8.57. The van der Waals surface area contributed by atoms with E-state index in [-0.39, 0.29) is 5.92 Å². The van der Waals surface area contributed by atoms with E-state index in [4.69, 9.17) is 4.74 Å². The van der Waals surface area contributed by atoms with Gasteiger partial charge in [0.2, 0.25) is 0 Å². The summed E-state index contributed by atoms with van der Waals surface area (Å²) in [7, 11) is -4.62. The Hall–Kier alpha value is -0.850. The highest BCUT2D eigenvalue weighted by Crippen LogP contribution is 2.28. The molecule has 0 aromatic heterocycles. The molecule has 5 nitrogen and oxygen atoms in total. The topological polar surface area (TPSA) is 72.5 Å². The molecule has 1 rings (SSSR count). The summed E-state index contributed by atoms with van der Waals surface area (Å²) < 4.78 is 39.5. The van der Waals surface area contributed by atoms with E-state index in [2.05, 4.69) is 5.32 Å². The quantitative estimate of drug-likeness (QED) is 0.808. The predicted octanol–water partition coefficient (Wildman–Crippen LogP) is 2.37. The lowest BCUT2D eigenvalue weighted by Crippen LogP contribution is -2.45. The molecule has 1 fully saturated rings. The molecule has 1 unspecified atom stereocenters. The Kier molecular flexibility index (Phi) is 5.18. The number of nitrogens with one attached hydrogen (secondary N) is 1. The molecule has 0 heterocycles. The molecule has 0 radical (unpaired) electrons.